The summed E-state index contributed by atoms with van der Waals surface area (Å²) >= 11 is 0. The molecule has 0 aromatic rings. The van der Waals surface area contributed by atoms with Gasteiger partial charge in [-0.1, -0.05) is 52.4 Å². The fraction of sp³-hybridized carbons (Fsp3) is 0.933. The van der Waals surface area contributed by atoms with Crippen LogP contribution in [0.1, 0.15) is 78.1 Å². The monoisotopic (exact) mass is 241 g/mol. The van der Waals surface area contributed by atoms with Gasteiger partial charge in [0, 0.05) is 12.8 Å². The van der Waals surface area contributed by atoms with E-state index < -0.39 is 0 Å². The molecule has 0 fully saturated rings. The molecule has 0 aliphatic carbocycles. The van der Waals surface area contributed by atoms with E-state index in [0.717, 1.165) is 45.1 Å². The predicted octanol–water partition coefficient (Wildman–Crippen LogP) is 4.07. The Hall–Kier alpha value is -0.370. The Labute approximate surface area is 107 Å². The fourth-order valence-corrected chi connectivity index (χ4v) is 2.19. The van der Waals surface area contributed by atoms with Crippen molar-refractivity contribution in [3.8, 4) is 0 Å². The fourth-order valence-electron chi connectivity index (χ4n) is 2.19. The van der Waals surface area contributed by atoms with Gasteiger partial charge in [0.25, 0.3) is 0 Å². The summed E-state index contributed by atoms with van der Waals surface area (Å²) in [5.41, 5.74) is 5.43. The van der Waals surface area contributed by atoms with E-state index in [1.54, 1.807) is 0 Å². The van der Waals surface area contributed by atoms with Gasteiger partial charge in [0.05, 0.1) is 0 Å². The molecule has 0 aromatic heterocycles. The van der Waals surface area contributed by atoms with E-state index in [4.69, 9.17) is 5.73 Å². The molecule has 0 amide bonds. The van der Waals surface area contributed by atoms with Gasteiger partial charge in [0.2, 0.25) is 0 Å². The van der Waals surface area contributed by atoms with Crippen LogP contribution in [-0.2, 0) is 4.79 Å². The molecule has 1 atom stereocenters. The minimum Gasteiger partial charge on any atom is -0.330 e. The summed E-state index contributed by atoms with van der Waals surface area (Å²) in [6.07, 6.45) is 11.0. The SMILES string of the molecule is CCCCC(CC)CC(=O)CCCCCCN. The zero-order valence-electron chi connectivity index (χ0n) is 11.8. The first-order chi connectivity index (χ1) is 8.24. The Morgan fingerprint density at radius 1 is 1.06 bits per heavy atom. The van der Waals surface area contributed by atoms with Crippen molar-refractivity contribution < 1.29 is 4.79 Å². The van der Waals surface area contributed by atoms with Crippen LogP contribution in [0.5, 0.6) is 0 Å². The number of Topliss-reactive ketones (excluding diaryl/α,β-unsaturated/α-hetero) is 1. The lowest BCUT2D eigenvalue weighted by Crippen LogP contribution is -2.08. The summed E-state index contributed by atoms with van der Waals surface area (Å²) in [5, 5.41) is 0. The van der Waals surface area contributed by atoms with Crippen LogP contribution in [0.15, 0.2) is 0 Å². The summed E-state index contributed by atoms with van der Waals surface area (Å²) in [6.45, 7) is 5.20. The second kappa shape index (κ2) is 12.1. The van der Waals surface area contributed by atoms with Crippen LogP contribution >= 0.6 is 0 Å². The molecule has 0 bridgehead atoms. The maximum absolute atomic E-state index is 11.8. The number of unbranched alkanes of at least 4 members (excludes halogenated alkanes) is 4. The first kappa shape index (κ1) is 16.6. The quantitative estimate of drug-likeness (QED) is 0.523. The molecule has 0 saturated heterocycles. The molecule has 1 unspecified atom stereocenters. The number of hydrogen-bond acceptors (Lipinski definition) is 2. The van der Waals surface area contributed by atoms with Gasteiger partial charge in [-0.25, -0.2) is 0 Å². The molecule has 17 heavy (non-hydrogen) atoms. The Bertz CT molecular complexity index is 180. The van der Waals surface area contributed by atoms with Crippen molar-refractivity contribution in [3.63, 3.8) is 0 Å². The lowest BCUT2D eigenvalue weighted by Gasteiger charge is -2.13. The third-order valence-electron chi connectivity index (χ3n) is 3.47. The molecule has 2 nitrogen and oxygen atoms in total. The second-order valence-corrected chi connectivity index (χ2v) is 5.11. The Kier molecular flexibility index (Phi) is 11.8. The lowest BCUT2D eigenvalue weighted by molar-refractivity contribution is -0.120. The first-order valence-electron chi connectivity index (χ1n) is 7.46. The van der Waals surface area contributed by atoms with Crippen molar-refractivity contribution in [2.45, 2.75) is 78.1 Å². The van der Waals surface area contributed by atoms with Crippen LogP contribution in [0, 0.1) is 5.92 Å². The summed E-state index contributed by atoms with van der Waals surface area (Å²) in [6, 6.07) is 0. The number of ketones is 1. The van der Waals surface area contributed by atoms with Gasteiger partial charge < -0.3 is 5.73 Å². The van der Waals surface area contributed by atoms with Crippen LogP contribution in [0.2, 0.25) is 0 Å². The number of carbonyl (C=O) groups is 1. The van der Waals surface area contributed by atoms with Crippen LogP contribution in [0.3, 0.4) is 0 Å². The Morgan fingerprint density at radius 3 is 2.35 bits per heavy atom. The molecule has 0 saturated carbocycles. The van der Waals surface area contributed by atoms with E-state index >= 15 is 0 Å². The molecule has 2 N–H and O–H groups in total. The molecule has 0 spiro atoms. The normalized spacial score (nSPS) is 12.6. The third kappa shape index (κ3) is 10.5. The maximum atomic E-state index is 11.8. The average molecular weight is 241 g/mol. The molecule has 0 radical (unpaired) electrons. The van der Waals surface area contributed by atoms with E-state index in [0.29, 0.717) is 11.7 Å². The minimum atomic E-state index is 0.473. The van der Waals surface area contributed by atoms with Crippen molar-refractivity contribution in [1.29, 1.82) is 0 Å². The van der Waals surface area contributed by atoms with E-state index in [-0.39, 0.29) is 0 Å². The first-order valence-corrected chi connectivity index (χ1v) is 7.46. The molecule has 2 heteroatoms. The highest BCUT2D eigenvalue weighted by Gasteiger charge is 2.11. The van der Waals surface area contributed by atoms with E-state index in [2.05, 4.69) is 13.8 Å². The van der Waals surface area contributed by atoms with Crippen LogP contribution in [-0.4, -0.2) is 12.3 Å². The van der Waals surface area contributed by atoms with Gasteiger partial charge in [0.1, 0.15) is 5.78 Å². The van der Waals surface area contributed by atoms with Gasteiger partial charge in [0.15, 0.2) is 0 Å². The van der Waals surface area contributed by atoms with Gasteiger partial charge in [-0.2, -0.15) is 0 Å². The summed E-state index contributed by atoms with van der Waals surface area (Å²) < 4.78 is 0. The average Bonchev–Trinajstić information content (AvgIpc) is 2.34. The van der Waals surface area contributed by atoms with Gasteiger partial charge >= 0.3 is 0 Å². The third-order valence-corrected chi connectivity index (χ3v) is 3.47. The summed E-state index contributed by atoms with van der Waals surface area (Å²) in [4.78, 5) is 11.8. The van der Waals surface area contributed by atoms with Crippen LogP contribution < -0.4 is 5.73 Å². The molecule has 0 heterocycles. The molecule has 0 aliphatic heterocycles. The Morgan fingerprint density at radius 2 is 1.76 bits per heavy atom. The number of carbonyl (C=O) groups excluding carboxylic acids is 1. The van der Waals surface area contributed by atoms with E-state index in [9.17, 15) is 4.79 Å². The predicted molar refractivity (Wildman–Crippen MR) is 75.1 cm³/mol. The topological polar surface area (TPSA) is 43.1 Å². The van der Waals surface area contributed by atoms with E-state index in [1.165, 1.54) is 25.7 Å². The van der Waals surface area contributed by atoms with Gasteiger partial charge in [-0.05, 0) is 25.3 Å². The molecule has 0 aliphatic rings. The number of nitrogens with two attached hydrogens (primary N) is 1. The van der Waals surface area contributed by atoms with Crippen molar-refractivity contribution >= 4 is 5.78 Å². The second-order valence-electron chi connectivity index (χ2n) is 5.11. The minimum absolute atomic E-state index is 0.473. The molecular formula is C15H31NO. The molecular weight excluding hydrogens is 210 g/mol. The van der Waals surface area contributed by atoms with Gasteiger partial charge in [-0.15, -0.1) is 0 Å². The van der Waals surface area contributed by atoms with E-state index in [1.807, 2.05) is 0 Å². The lowest BCUT2D eigenvalue weighted by atomic mass is 9.92. The zero-order valence-corrected chi connectivity index (χ0v) is 11.8. The zero-order chi connectivity index (χ0) is 12.9. The maximum Gasteiger partial charge on any atom is 0.133 e. The summed E-state index contributed by atoms with van der Waals surface area (Å²) in [7, 11) is 0. The smallest absolute Gasteiger partial charge is 0.133 e. The number of hydrogen-bond donors (Lipinski definition) is 1. The van der Waals surface area contributed by atoms with Gasteiger partial charge in [-0.3, -0.25) is 4.79 Å². The highest BCUT2D eigenvalue weighted by Crippen LogP contribution is 2.18. The van der Waals surface area contributed by atoms with Crippen LogP contribution in [0.4, 0.5) is 0 Å². The van der Waals surface area contributed by atoms with Crippen molar-refractivity contribution in [2.75, 3.05) is 6.54 Å². The molecule has 0 aromatic carbocycles. The van der Waals surface area contributed by atoms with Crippen molar-refractivity contribution in [2.24, 2.45) is 11.7 Å². The number of rotatable bonds is 12. The highest BCUT2D eigenvalue weighted by atomic mass is 16.1. The standard InChI is InChI=1S/C15H31NO/c1-3-5-10-14(4-2)13-15(17)11-8-6-7-9-12-16/h14H,3-13,16H2,1-2H3. The van der Waals surface area contributed by atoms with Crippen molar-refractivity contribution in [1.82, 2.24) is 0 Å². The van der Waals surface area contributed by atoms with Crippen LogP contribution in [0.25, 0.3) is 0 Å². The summed E-state index contributed by atoms with van der Waals surface area (Å²) in [5.74, 6) is 1.10. The largest absolute Gasteiger partial charge is 0.330 e. The highest BCUT2D eigenvalue weighted by molar-refractivity contribution is 5.78. The Balaban J connectivity index is 3.53. The van der Waals surface area contributed by atoms with Crippen molar-refractivity contribution in [3.05, 3.63) is 0 Å². The molecule has 0 rings (SSSR count). The molecule has 102 valence electrons.